The Kier molecular flexibility index (Phi) is 8.47. The van der Waals surface area contributed by atoms with Gasteiger partial charge in [0, 0.05) is 19.3 Å². The zero-order valence-corrected chi connectivity index (χ0v) is 18.4. The van der Waals surface area contributed by atoms with E-state index in [2.05, 4.69) is 13.1 Å². The Morgan fingerprint density at radius 2 is 1.79 bits per heavy atom. The quantitative estimate of drug-likeness (QED) is 0.235. The Morgan fingerprint density at radius 1 is 1.11 bits per heavy atom. The molecule has 28 heavy (non-hydrogen) atoms. The lowest BCUT2D eigenvalue weighted by Crippen LogP contribution is -2.29. The molecule has 1 aliphatic rings. The molecule has 0 N–H and O–H groups in total. The molecule has 1 aromatic carbocycles. The maximum Gasteiger partial charge on any atom is 0.338 e. The molecule has 1 aromatic rings. The Bertz CT molecular complexity index is 732. The highest BCUT2D eigenvalue weighted by atomic mass is 32.2. The van der Waals surface area contributed by atoms with Crippen LogP contribution in [0.4, 0.5) is 5.69 Å². The summed E-state index contributed by atoms with van der Waals surface area (Å²) in [6.45, 7) is 4.79. The molecular formula is C20H27NO5SSi. The van der Waals surface area contributed by atoms with Crippen LogP contribution in [0.1, 0.15) is 23.2 Å². The largest absolute Gasteiger partial charge is 0.462 e. The first-order valence-electron chi connectivity index (χ1n) is 9.30. The summed E-state index contributed by atoms with van der Waals surface area (Å²) in [5.41, 5.74) is 0.692. The molecule has 0 spiro atoms. The maximum atomic E-state index is 12.2. The number of nitrogens with zero attached hydrogens (tertiary/aromatic N) is 1. The van der Waals surface area contributed by atoms with E-state index in [0.29, 0.717) is 17.9 Å². The summed E-state index contributed by atoms with van der Waals surface area (Å²) in [6, 6.07) is 7.51. The molecular weight excluding hydrogens is 394 g/mol. The van der Waals surface area contributed by atoms with Crippen LogP contribution in [0.15, 0.2) is 36.4 Å². The average Bonchev–Trinajstić information content (AvgIpc) is 3.02. The van der Waals surface area contributed by atoms with Gasteiger partial charge in [-0.15, -0.1) is 0 Å². The van der Waals surface area contributed by atoms with Crippen molar-refractivity contribution in [3.8, 4) is 0 Å². The predicted octanol–water partition coefficient (Wildman–Crippen LogP) is 3.64. The molecule has 0 saturated heterocycles. The van der Waals surface area contributed by atoms with Crippen LogP contribution in [0.5, 0.6) is 0 Å². The fourth-order valence-corrected chi connectivity index (χ4v) is 5.00. The van der Waals surface area contributed by atoms with Crippen LogP contribution in [0.25, 0.3) is 0 Å². The Morgan fingerprint density at radius 3 is 2.46 bits per heavy atom. The normalized spacial score (nSPS) is 14.0. The zero-order valence-electron chi connectivity index (χ0n) is 16.6. The van der Waals surface area contributed by atoms with Crippen molar-refractivity contribution in [1.29, 1.82) is 0 Å². The van der Waals surface area contributed by atoms with Gasteiger partial charge in [-0.05, 0) is 61.7 Å². The summed E-state index contributed by atoms with van der Waals surface area (Å²) in [5.74, 6) is 0.742. The topological polar surface area (TPSA) is 72.9 Å². The van der Waals surface area contributed by atoms with Crippen LogP contribution in [-0.2, 0) is 18.8 Å². The average molecular weight is 422 g/mol. The lowest BCUT2D eigenvalue weighted by molar-refractivity contribution is -0.119. The molecule has 0 atom stereocenters. The second-order valence-corrected chi connectivity index (χ2v) is 12.7. The minimum Gasteiger partial charge on any atom is -0.462 e. The fraction of sp³-hybridized carbons (Fsp3) is 0.450. The number of carbonyl (C=O) groups excluding carboxylic acids is 3. The molecule has 8 heteroatoms. The van der Waals surface area contributed by atoms with Crippen molar-refractivity contribution in [3.05, 3.63) is 42.0 Å². The van der Waals surface area contributed by atoms with Crippen LogP contribution in [-0.4, -0.2) is 51.3 Å². The van der Waals surface area contributed by atoms with E-state index in [0.717, 1.165) is 35.3 Å². The standard InChI is InChI=1S/C20H27NO5SSi/c1-25-28(2,3)14-6-13-27-12-5-11-26-20(24)16-7-4-8-17(15-16)21-18(22)9-10-19(21)23/h4,7-10,15H,5-6,11-14H2,1-3H3. The van der Waals surface area contributed by atoms with Crippen molar-refractivity contribution in [2.75, 3.05) is 30.1 Å². The van der Waals surface area contributed by atoms with E-state index in [1.807, 2.05) is 11.8 Å². The minimum atomic E-state index is -1.46. The smallest absolute Gasteiger partial charge is 0.338 e. The lowest BCUT2D eigenvalue weighted by atomic mass is 10.2. The molecule has 0 radical (unpaired) electrons. The Balaban J connectivity index is 1.69. The van der Waals surface area contributed by atoms with E-state index in [1.54, 1.807) is 25.3 Å². The number of hydrogen-bond donors (Lipinski definition) is 0. The third-order valence-corrected chi connectivity index (χ3v) is 8.25. The van der Waals surface area contributed by atoms with Gasteiger partial charge in [0.25, 0.3) is 11.8 Å². The van der Waals surface area contributed by atoms with Crippen molar-refractivity contribution in [3.63, 3.8) is 0 Å². The zero-order chi connectivity index (χ0) is 20.6. The summed E-state index contributed by atoms with van der Waals surface area (Å²) in [4.78, 5) is 36.7. The molecule has 152 valence electrons. The van der Waals surface area contributed by atoms with E-state index in [1.165, 1.54) is 18.2 Å². The van der Waals surface area contributed by atoms with Crippen molar-refractivity contribution in [2.45, 2.75) is 32.0 Å². The number of thioether (sulfide) groups is 1. The maximum absolute atomic E-state index is 12.2. The molecule has 0 saturated carbocycles. The van der Waals surface area contributed by atoms with Gasteiger partial charge in [0.2, 0.25) is 0 Å². The number of hydrogen-bond acceptors (Lipinski definition) is 6. The van der Waals surface area contributed by atoms with Gasteiger partial charge in [0.15, 0.2) is 8.32 Å². The predicted molar refractivity (Wildman–Crippen MR) is 114 cm³/mol. The Hall–Kier alpha value is -1.90. The van der Waals surface area contributed by atoms with Gasteiger partial charge in [-0.25, -0.2) is 9.69 Å². The molecule has 1 aliphatic heterocycles. The Labute approximate surface area is 171 Å². The van der Waals surface area contributed by atoms with Gasteiger partial charge in [-0.3, -0.25) is 9.59 Å². The van der Waals surface area contributed by atoms with Crippen LogP contribution < -0.4 is 4.90 Å². The van der Waals surface area contributed by atoms with Crippen molar-refractivity contribution < 1.29 is 23.5 Å². The molecule has 1 heterocycles. The van der Waals surface area contributed by atoms with Gasteiger partial charge in [0.05, 0.1) is 17.9 Å². The molecule has 0 aliphatic carbocycles. The number of rotatable bonds is 11. The third kappa shape index (κ3) is 6.61. The van der Waals surface area contributed by atoms with Gasteiger partial charge >= 0.3 is 5.97 Å². The first-order valence-corrected chi connectivity index (χ1v) is 13.6. The van der Waals surface area contributed by atoms with E-state index in [4.69, 9.17) is 9.16 Å². The second kappa shape index (κ2) is 10.6. The van der Waals surface area contributed by atoms with Crippen molar-refractivity contribution in [2.24, 2.45) is 0 Å². The van der Waals surface area contributed by atoms with E-state index in [9.17, 15) is 14.4 Å². The fourth-order valence-electron chi connectivity index (χ4n) is 2.64. The number of carbonyl (C=O) groups is 3. The molecule has 0 bridgehead atoms. The monoisotopic (exact) mass is 421 g/mol. The molecule has 0 unspecified atom stereocenters. The number of esters is 1. The first-order chi connectivity index (χ1) is 13.3. The molecule has 0 aromatic heterocycles. The number of amides is 2. The number of anilines is 1. The molecule has 6 nitrogen and oxygen atoms in total. The third-order valence-electron chi connectivity index (χ3n) is 4.44. The highest BCUT2D eigenvalue weighted by molar-refractivity contribution is 7.99. The highest BCUT2D eigenvalue weighted by Crippen LogP contribution is 2.21. The van der Waals surface area contributed by atoms with Gasteiger partial charge < -0.3 is 9.16 Å². The van der Waals surface area contributed by atoms with Crippen molar-refractivity contribution in [1.82, 2.24) is 0 Å². The minimum absolute atomic E-state index is 0.324. The van der Waals surface area contributed by atoms with Crippen LogP contribution in [0, 0.1) is 0 Å². The van der Waals surface area contributed by atoms with E-state index in [-0.39, 0.29) is 0 Å². The lowest BCUT2D eigenvalue weighted by Gasteiger charge is -2.19. The SMILES string of the molecule is CO[Si](C)(C)CCCSCCCOC(=O)c1cccc(N2C(=O)C=CC2=O)c1. The summed E-state index contributed by atoms with van der Waals surface area (Å²) in [5, 5.41) is 0. The van der Waals surface area contributed by atoms with Gasteiger partial charge in [-0.1, -0.05) is 6.07 Å². The number of ether oxygens (including phenoxy) is 1. The van der Waals surface area contributed by atoms with Crippen LogP contribution >= 0.6 is 11.8 Å². The first kappa shape index (κ1) is 22.4. The summed E-state index contributed by atoms with van der Waals surface area (Å²) >= 11 is 1.86. The second-order valence-electron chi connectivity index (χ2n) is 7.06. The van der Waals surface area contributed by atoms with Crippen LogP contribution in [0.2, 0.25) is 19.1 Å². The number of imide groups is 1. The molecule has 0 fully saturated rings. The summed E-state index contributed by atoms with van der Waals surface area (Å²) in [6.07, 6.45) is 4.36. The van der Waals surface area contributed by atoms with Crippen molar-refractivity contribution >= 4 is 43.6 Å². The van der Waals surface area contributed by atoms with Gasteiger partial charge in [0.1, 0.15) is 0 Å². The molecule has 2 rings (SSSR count). The molecule has 2 amide bonds. The number of benzene rings is 1. The highest BCUT2D eigenvalue weighted by Gasteiger charge is 2.25. The van der Waals surface area contributed by atoms with Gasteiger partial charge in [-0.2, -0.15) is 11.8 Å². The summed E-state index contributed by atoms with van der Waals surface area (Å²) in [7, 11) is 0.332. The van der Waals surface area contributed by atoms with E-state index >= 15 is 0 Å². The summed E-state index contributed by atoms with van der Waals surface area (Å²) < 4.78 is 10.8. The van der Waals surface area contributed by atoms with E-state index < -0.39 is 26.1 Å². The van der Waals surface area contributed by atoms with Crippen LogP contribution in [0.3, 0.4) is 0 Å².